The van der Waals surface area contributed by atoms with Crippen LogP contribution in [0, 0.1) is 5.41 Å². The van der Waals surface area contributed by atoms with Crippen molar-refractivity contribution in [2.75, 3.05) is 23.7 Å². The third-order valence-electron chi connectivity index (χ3n) is 3.99. The molecule has 2 N–H and O–H groups in total. The Kier molecular flexibility index (Phi) is 3.32. The number of fused-ring (bicyclic) bond motifs is 1. The highest BCUT2D eigenvalue weighted by molar-refractivity contribution is 7.18. The number of piperidine rings is 1. The first kappa shape index (κ1) is 13.6. The van der Waals surface area contributed by atoms with Gasteiger partial charge in [0.25, 0.3) is 0 Å². The molecular weight excluding hydrogens is 268 g/mol. The van der Waals surface area contributed by atoms with Crippen molar-refractivity contribution in [3.63, 3.8) is 0 Å². The van der Waals surface area contributed by atoms with E-state index in [9.17, 15) is 0 Å². The van der Waals surface area contributed by atoms with E-state index < -0.39 is 0 Å². The largest absolute Gasteiger partial charge is 0.368 e. The average Bonchev–Trinajstić information content (AvgIpc) is 2.79. The Bertz CT molecular complexity index is 632. The van der Waals surface area contributed by atoms with Crippen molar-refractivity contribution in [2.24, 2.45) is 5.41 Å². The van der Waals surface area contributed by atoms with Gasteiger partial charge >= 0.3 is 0 Å². The van der Waals surface area contributed by atoms with Crippen LogP contribution < -0.4 is 10.6 Å². The molecule has 4 nitrogen and oxygen atoms in total. The van der Waals surface area contributed by atoms with Gasteiger partial charge in [-0.15, -0.1) is 11.3 Å². The fourth-order valence-electron chi connectivity index (χ4n) is 2.99. The van der Waals surface area contributed by atoms with Gasteiger partial charge in [0.2, 0.25) is 5.95 Å². The van der Waals surface area contributed by atoms with E-state index in [1.54, 1.807) is 11.3 Å². The number of thiophene rings is 1. The SMILES string of the molecule is CCc1cc2c(N3CCCC(C)(C)C3)nc(N)nc2s1. The standard InChI is InChI=1S/C15H22N4S/c1-4-10-8-11-12(17-14(16)18-13(11)20-10)19-7-5-6-15(2,3)9-19/h8H,4-7,9H2,1-3H3,(H2,16,17,18). The zero-order chi connectivity index (χ0) is 14.3. The molecular formula is C15H22N4S. The van der Waals surface area contributed by atoms with Crippen LogP contribution in [-0.4, -0.2) is 23.1 Å². The van der Waals surface area contributed by atoms with Crippen LogP contribution in [0.1, 0.15) is 38.5 Å². The van der Waals surface area contributed by atoms with Crippen LogP contribution in [0.25, 0.3) is 10.2 Å². The summed E-state index contributed by atoms with van der Waals surface area (Å²) in [6, 6.07) is 2.23. The summed E-state index contributed by atoms with van der Waals surface area (Å²) in [6.07, 6.45) is 3.52. The van der Waals surface area contributed by atoms with Gasteiger partial charge in [0.15, 0.2) is 0 Å². The summed E-state index contributed by atoms with van der Waals surface area (Å²) in [5.74, 6) is 1.41. The number of hydrogen-bond donors (Lipinski definition) is 1. The van der Waals surface area contributed by atoms with Crippen LogP contribution >= 0.6 is 11.3 Å². The van der Waals surface area contributed by atoms with Crippen LogP contribution in [0.2, 0.25) is 0 Å². The van der Waals surface area contributed by atoms with Gasteiger partial charge in [-0.1, -0.05) is 20.8 Å². The van der Waals surface area contributed by atoms with Crippen molar-refractivity contribution in [3.8, 4) is 0 Å². The molecule has 3 heterocycles. The minimum Gasteiger partial charge on any atom is -0.368 e. The quantitative estimate of drug-likeness (QED) is 0.920. The Morgan fingerprint density at radius 1 is 1.40 bits per heavy atom. The molecule has 20 heavy (non-hydrogen) atoms. The van der Waals surface area contributed by atoms with Gasteiger partial charge < -0.3 is 10.6 Å². The Morgan fingerprint density at radius 3 is 2.90 bits per heavy atom. The summed E-state index contributed by atoms with van der Waals surface area (Å²) in [7, 11) is 0. The van der Waals surface area contributed by atoms with Gasteiger partial charge in [0, 0.05) is 18.0 Å². The molecule has 108 valence electrons. The molecule has 0 aliphatic carbocycles. The molecule has 1 fully saturated rings. The molecule has 0 atom stereocenters. The molecule has 1 aliphatic rings. The van der Waals surface area contributed by atoms with Gasteiger partial charge in [-0.25, -0.2) is 4.98 Å². The molecule has 5 heteroatoms. The van der Waals surface area contributed by atoms with Crippen molar-refractivity contribution < 1.29 is 0 Å². The lowest BCUT2D eigenvalue weighted by molar-refractivity contribution is 0.292. The third kappa shape index (κ3) is 2.46. The highest BCUT2D eigenvalue weighted by Gasteiger charge is 2.28. The molecule has 2 aromatic heterocycles. The maximum absolute atomic E-state index is 5.91. The molecule has 0 amide bonds. The van der Waals surface area contributed by atoms with E-state index in [4.69, 9.17) is 5.73 Å². The summed E-state index contributed by atoms with van der Waals surface area (Å²) >= 11 is 1.73. The van der Waals surface area contributed by atoms with Gasteiger partial charge in [-0.05, 0) is 30.7 Å². The van der Waals surface area contributed by atoms with E-state index in [2.05, 4.69) is 41.7 Å². The Hall–Kier alpha value is -1.36. The van der Waals surface area contributed by atoms with Crippen molar-refractivity contribution in [1.29, 1.82) is 0 Å². The molecule has 0 saturated carbocycles. The monoisotopic (exact) mass is 290 g/mol. The van der Waals surface area contributed by atoms with Gasteiger partial charge in [-0.2, -0.15) is 4.98 Å². The maximum Gasteiger partial charge on any atom is 0.223 e. The summed E-state index contributed by atoms with van der Waals surface area (Å²) in [4.78, 5) is 13.7. The first-order valence-corrected chi connectivity index (χ1v) is 8.11. The number of aromatic nitrogens is 2. The molecule has 3 rings (SSSR count). The second-order valence-corrected chi connectivity index (χ2v) is 7.50. The zero-order valence-corrected chi connectivity index (χ0v) is 13.3. The van der Waals surface area contributed by atoms with Crippen LogP contribution in [-0.2, 0) is 6.42 Å². The number of nitrogen functional groups attached to an aromatic ring is 1. The minimum atomic E-state index is 0.341. The van der Waals surface area contributed by atoms with Crippen LogP contribution in [0.15, 0.2) is 6.07 Å². The van der Waals surface area contributed by atoms with Gasteiger partial charge in [0.1, 0.15) is 10.6 Å². The fraction of sp³-hybridized carbons (Fsp3) is 0.600. The first-order chi connectivity index (χ1) is 9.48. The van der Waals surface area contributed by atoms with E-state index in [0.717, 1.165) is 30.2 Å². The van der Waals surface area contributed by atoms with E-state index in [-0.39, 0.29) is 0 Å². The van der Waals surface area contributed by atoms with E-state index >= 15 is 0 Å². The predicted octanol–water partition coefficient (Wildman–Crippen LogP) is 3.46. The highest BCUT2D eigenvalue weighted by Crippen LogP contribution is 2.36. The van der Waals surface area contributed by atoms with Gasteiger partial charge in [-0.3, -0.25) is 0 Å². The fourth-order valence-corrected chi connectivity index (χ4v) is 3.96. The van der Waals surface area contributed by atoms with Crippen LogP contribution in [0.4, 0.5) is 11.8 Å². The Balaban J connectivity index is 2.07. The molecule has 0 aromatic carbocycles. The van der Waals surface area contributed by atoms with E-state index in [1.807, 2.05) is 0 Å². The molecule has 1 saturated heterocycles. The number of nitrogens with zero attached hydrogens (tertiary/aromatic N) is 3. The molecule has 0 spiro atoms. The Labute approximate surface area is 124 Å². The van der Waals surface area contributed by atoms with Crippen molar-refractivity contribution in [1.82, 2.24) is 9.97 Å². The average molecular weight is 290 g/mol. The number of anilines is 2. The zero-order valence-electron chi connectivity index (χ0n) is 12.4. The molecule has 2 aromatic rings. The normalized spacial score (nSPS) is 18.6. The number of nitrogens with two attached hydrogens (primary N) is 1. The second-order valence-electron chi connectivity index (χ2n) is 6.38. The van der Waals surface area contributed by atoms with Crippen LogP contribution in [0.5, 0.6) is 0 Å². The van der Waals surface area contributed by atoms with Crippen LogP contribution in [0.3, 0.4) is 0 Å². The molecule has 0 radical (unpaired) electrons. The predicted molar refractivity (Wildman–Crippen MR) is 86.4 cm³/mol. The first-order valence-electron chi connectivity index (χ1n) is 7.29. The number of aryl methyl sites for hydroxylation is 1. The summed E-state index contributed by atoms with van der Waals surface area (Å²) < 4.78 is 0. The smallest absolute Gasteiger partial charge is 0.223 e. The minimum absolute atomic E-state index is 0.341. The molecule has 0 bridgehead atoms. The van der Waals surface area contributed by atoms with Crippen molar-refractivity contribution in [3.05, 3.63) is 10.9 Å². The van der Waals surface area contributed by atoms with E-state index in [1.165, 1.54) is 23.1 Å². The van der Waals surface area contributed by atoms with Crippen molar-refractivity contribution in [2.45, 2.75) is 40.0 Å². The lowest BCUT2D eigenvalue weighted by Crippen LogP contribution is -2.40. The lowest BCUT2D eigenvalue weighted by Gasteiger charge is -2.38. The van der Waals surface area contributed by atoms with Crippen molar-refractivity contribution >= 4 is 33.3 Å². The molecule has 0 unspecified atom stereocenters. The van der Waals surface area contributed by atoms with Gasteiger partial charge in [0.05, 0.1) is 5.39 Å². The lowest BCUT2D eigenvalue weighted by atomic mass is 9.84. The van der Waals surface area contributed by atoms with E-state index in [0.29, 0.717) is 11.4 Å². The third-order valence-corrected chi connectivity index (χ3v) is 5.16. The number of hydrogen-bond acceptors (Lipinski definition) is 5. The summed E-state index contributed by atoms with van der Waals surface area (Å²) in [5.41, 5.74) is 6.25. The second kappa shape index (κ2) is 4.88. The summed E-state index contributed by atoms with van der Waals surface area (Å²) in [6.45, 7) is 8.92. The highest BCUT2D eigenvalue weighted by atomic mass is 32.1. The molecule has 1 aliphatic heterocycles. The number of rotatable bonds is 2. The topological polar surface area (TPSA) is 55.0 Å². The Morgan fingerprint density at radius 2 is 2.20 bits per heavy atom. The maximum atomic E-state index is 5.91. The summed E-state index contributed by atoms with van der Waals surface area (Å²) in [5, 5.41) is 1.17.